The lowest BCUT2D eigenvalue weighted by atomic mass is 10.1. The van der Waals surface area contributed by atoms with E-state index in [1.807, 2.05) is 38.2 Å². The molecule has 0 atom stereocenters. The summed E-state index contributed by atoms with van der Waals surface area (Å²) in [6.45, 7) is 1.83. The van der Waals surface area contributed by atoms with Gasteiger partial charge in [0.15, 0.2) is 0 Å². The zero-order valence-corrected chi connectivity index (χ0v) is 13.5. The van der Waals surface area contributed by atoms with E-state index in [9.17, 15) is 4.79 Å². The fourth-order valence-corrected chi connectivity index (χ4v) is 2.55. The van der Waals surface area contributed by atoms with E-state index in [1.165, 1.54) is 11.0 Å². The second-order valence-corrected chi connectivity index (χ2v) is 5.47. The van der Waals surface area contributed by atoms with Gasteiger partial charge in [0.25, 0.3) is 5.56 Å². The highest BCUT2D eigenvalue weighted by atomic mass is 35.5. The summed E-state index contributed by atoms with van der Waals surface area (Å²) in [6, 6.07) is 12.7. The lowest BCUT2D eigenvalue weighted by Crippen LogP contribution is -2.18. The van der Waals surface area contributed by atoms with Gasteiger partial charge in [-0.25, -0.2) is 4.98 Å². The minimum Gasteiger partial charge on any atom is -0.388 e. The molecule has 0 aliphatic rings. The largest absolute Gasteiger partial charge is 0.388 e. The van der Waals surface area contributed by atoms with Crippen molar-refractivity contribution in [3.63, 3.8) is 0 Å². The Morgan fingerprint density at radius 1 is 1.26 bits per heavy atom. The zero-order chi connectivity index (χ0) is 16.4. The Labute approximate surface area is 138 Å². The lowest BCUT2D eigenvalue weighted by molar-refractivity contribution is 0.811. The molecule has 0 saturated carbocycles. The summed E-state index contributed by atoms with van der Waals surface area (Å²) in [6.07, 6.45) is 1.43. The van der Waals surface area contributed by atoms with Crippen molar-refractivity contribution in [3.8, 4) is 0 Å². The first-order chi connectivity index (χ1) is 11.1. The molecule has 3 aromatic rings. The topological polar surface area (TPSA) is 59.3 Å². The molecular formula is C17H15ClN4O. The van der Waals surface area contributed by atoms with Crippen LogP contribution >= 0.6 is 11.6 Å². The molecule has 2 aromatic carbocycles. The van der Waals surface area contributed by atoms with Gasteiger partial charge in [0.1, 0.15) is 6.33 Å². The molecule has 1 aromatic heterocycles. The molecule has 0 radical (unpaired) electrons. The molecule has 0 unspecified atom stereocenters. The minimum absolute atomic E-state index is 0.206. The normalized spacial score (nSPS) is 11.7. The van der Waals surface area contributed by atoms with Gasteiger partial charge < -0.3 is 5.32 Å². The second kappa shape index (κ2) is 6.22. The van der Waals surface area contributed by atoms with Crippen molar-refractivity contribution in [2.45, 2.75) is 6.92 Å². The zero-order valence-electron chi connectivity index (χ0n) is 12.7. The number of nitrogens with one attached hydrogen (secondary N) is 1. The maximum atomic E-state index is 12.5. The van der Waals surface area contributed by atoms with Crippen molar-refractivity contribution >= 4 is 33.9 Å². The molecule has 1 heterocycles. The van der Waals surface area contributed by atoms with E-state index in [0.29, 0.717) is 21.6 Å². The third-order valence-electron chi connectivity index (χ3n) is 3.55. The van der Waals surface area contributed by atoms with E-state index in [4.69, 9.17) is 11.6 Å². The molecule has 0 aliphatic carbocycles. The van der Waals surface area contributed by atoms with Gasteiger partial charge in [-0.2, -0.15) is 9.78 Å². The van der Waals surface area contributed by atoms with Gasteiger partial charge >= 0.3 is 0 Å². The summed E-state index contributed by atoms with van der Waals surface area (Å²) in [7, 11) is 1.82. The molecule has 5 nitrogen and oxygen atoms in total. The Kier molecular flexibility index (Phi) is 4.12. The van der Waals surface area contributed by atoms with Crippen LogP contribution in [0.2, 0.25) is 5.02 Å². The number of hydrogen-bond acceptors (Lipinski definition) is 4. The van der Waals surface area contributed by atoms with Crippen molar-refractivity contribution in [1.29, 1.82) is 0 Å². The van der Waals surface area contributed by atoms with Gasteiger partial charge in [-0.05, 0) is 37.3 Å². The van der Waals surface area contributed by atoms with Crippen LogP contribution in [-0.4, -0.2) is 22.4 Å². The number of hydrogen-bond donors (Lipinski definition) is 1. The number of fused-ring (bicyclic) bond motifs is 1. The number of anilines is 1. The van der Waals surface area contributed by atoms with Gasteiger partial charge in [-0.15, -0.1) is 0 Å². The number of aromatic nitrogens is 2. The lowest BCUT2D eigenvalue weighted by Gasteiger charge is -2.10. The molecule has 0 bridgehead atoms. The smallest absolute Gasteiger partial charge is 0.281 e. The Bertz CT molecular complexity index is 962. The van der Waals surface area contributed by atoms with Gasteiger partial charge in [0, 0.05) is 23.3 Å². The van der Waals surface area contributed by atoms with Crippen LogP contribution in [0.15, 0.2) is 58.7 Å². The second-order valence-electron chi connectivity index (χ2n) is 5.04. The van der Waals surface area contributed by atoms with E-state index in [1.54, 1.807) is 18.2 Å². The van der Waals surface area contributed by atoms with Crippen LogP contribution < -0.4 is 10.9 Å². The van der Waals surface area contributed by atoms with Gasteiger partial charge in [-0.3, -0.25) is 4.79 Å². The number of para-hydroxylation sites is 1. The van der Waals surface area contributed by atoms with Gasteiger partial charge in [0.05, 0.1) is 16.6 Å². The molecule has 0 saturated heterocycles. The molecule has 6 heteroatoms. The summed E-state index contributed by atoms with van der Waals surface area (Å²) in [5.74, 6) is 0. The third kappa shape index (κ3) is 2.96. The van der Waals surface area contributed by atoms with E-state index in [2.05, 4.69) is 15.4 Å². The Morgan fingerprint density at radius 3 is 2.83 bits per heavy atom. The standard InChI is InChI=1S/C17H15ClN4O/c1-11(14-9-12(18)7-8-15(14)19-2)21-22-10-20-16-6-4-3-5-13(16)17(22)23/h3-10,19H,1-2H3/b21-11+. The monoisotopic (exact) mass is 326 g/mol. The number of rotatable bonds is 3. The van der Waals surface area contributed by atoms with Crippen molar-refractivity contribution in [3.05, 3.63) is 69.7 Å². The van der Waals surface area contributed by atoms with E-state index < -0.39 is 0 Å². The van der Waals surface area contributed by atoms with E-state index in [-0.39, 0.29) is 5.56 Å². The summed E-state index contributed by atoms with van der Waals surface area (Å²) in [5.41, 5.74) is 2.83. The molecule has 116 valence electrons. The first kappa shape index (κ1) is 15.2. The SMILES string of the molecule is CNc1ccc(Cl)cc1/C(C)=N/n1cnc2ccccc2c1=O. The third-order valence-corrected chi connectivity index (χ3v) is 3.78. The van der Waals surface area contributed by atoms with E-state index in [0.717, 1.165) is 11.3 Å². The number of nitrogens with zero attached hydrogens (tertiary/aromatic N) is 3. The van der Waals surface area contributed by atoms with Crippen LogP contribution in [0.5, 0.6) is 0 Å². The van der Waals surface area contributed by atoms with Crippen LogP contribution in [0.1, 0.15) is 12.5 Å². The van der Waals surface area contributed by atoms with Crippen LogP contribution in [0.4, 0.5) is 5.69 Å². The molecule has 0 amide bonds. The predicted molar refractivity (Wildman–Crippen MR) is 94.6 cm³/mol. The molecule has 0 fully saturated rings. The Hall–Kier alpha value is -2.66. The van der Waals surface area contributed by atoms with Crippen molar-refractivity contribution in [2.24, 2.45) is 5.10 Å². The molecule has 1 N–H and O–H groups in total. The maximum absolute atomic E-state index is 12.5. The first-order valence-corrected chi connectivity index (χ1v) is 7.47. The summed E-state index contributed by atoms with van der Waals surface area (Å²) in [5, 5.41) is 8.62. The molecule has 0 aliphatic heterocycles. The van der Waals surface area contributed by atoms with Crippen molar-refractivity contribution in [1.82, 2.24) is 9.66 Å². The molecule has 3 rings (SSSR count). The quantitative estimate of drug-likeness (QED) is 0.751. The highest BCUT2D eigenvalue weighted by Crippen LogP contribution is 2.21. The molecule has 0 spiro atoms. The van der Waals surface area contributed by atoms with Gasteiger partial charge in [0.2, 0.25) is 0 Å². The van der Waals surface area contributed by atoms with Crippen molar-refractivity contribution in [2.75, 3.05) is 12.4 Å². The fraction of sp³-hybridized carbons (Fsp3) is 0.118. The number of halogens is 1. The van der Waals surface area contributed by atoms with E-state index >= 15 is 0 Å². The summed E-state index contributed by atoms with van der Waals surface area (Å²) < 4.78 is 1.25. The van der Waals surface area contributed by atoms with Crippen LogP contribution in [-0.2, 0) is 0 Å². The predicted octanol–water partition coefficient (Wildman–Crippen LogP) is 3.36. The maximum Gasteiger partial charge on any atom is 0.281 e. The molecule has 23 heavy (non-hydrogen) atoms. The van der Waals surface area contributed by atoms with Crippen LogP contribution in [0, 0.1) is 0 Å². The summed E-state index contributed by atoms with van der Waals surface area (Å²) in [4.78, 5) is 16.8. The number of benzene rings is 2. The van der Waals surface area contributed by atoms with Crippen LogP contribution in [0.3, 0.4) is 0 Å². The average molecular weight is 327 g/mol. The first-order valence-electron chi connectivity index (χ1n) is 7.10. The average Bonchev–Trinajstić information content (AvgIpc) is 2.57. The highest BCUT2D eigenvalue weighted by Gasteiger charge is 2.08. The van der Waals surface area contributed by atoms with Gasteiger partial charge in [-0.1, -0.05) is 23.7 Å². The van der Waals surface area contributed by atoms with Crippen molar-refractivity contribution < 1.29 is 0 Å². The Morgan fingerprint density at radius 2 is 2.04 bits per heavy atom. The minimum atomic E-state index is -0.206. The Balaban J connectivity index is 2.13. The highest BCUT2D eigenvalue weighted by molar-refractivity contribution is 6.31. The summed E-state index contributed by atoms with van der Waals surface area (Å²) >= 11 is 6.07. The van der Waals surface area contributed by atoms with Crippen LogP contribution in [0.25, 0.3) is 10.9 Å². The molecular weight excluding hydrogens is 312 g/mol. The fourth-order valence-electron chi connectivity index (χ4n) is 2.38.